The number of carbonyl (C=O) groups excluding carboxylic acids is 1. The van der Waals surface area contributed by atoms with Crippen LogP contribution in [0.4, 0.5) is 4.79 Å². The Morgan fingerprint density at radius 3 is 2.46 bits per heavy atom. The van der Waals surface area contributed by atoms with Gasteiger partial charge in [-0.2, -0.15) is 0 Å². The van der Waals surface area contributed by atoms with Gasteiger partial charge in [-0.05, 0) is 19.3 Å². The van der Waals surface area contributed by atoms with Crippen molar-refractivity contribution >= 4 is 6.03 Å². The summed E-state index contributed by atoms with van der Waals surface area (Å²) in [5.74, 6) is 0. The van der Waals surface area contributed by atoms with Gasteiger partial charge in [-0.3, -0.25) is 0 Å². The third-order valence-corrected chi connectivity index (χ3v) is 1.86. The van der Waals surface area contributed by atoms with Gasteiger partial charge >= 0.3 is 6.03 Å². The molecule has 1 unspecified atom stereocenters. The van der Waals surface area contributed by atoms with Crippen molar-refractivity contribution in [3.63, 3.8) is 0 Å². The number of carbonyl (C=O) groups is 1. The van der Waals surface area contributed by atoms with Crippen LogP contribution in [0.25, 0.3) is 0 Å². The van der Waals surface area contributed by atoms with Crippen molar-refractivity contribution in [2.45, 2.75) is 39.2 Å². The average molecular weight is 187 g/mol. The molecule has 0 saturated heterocycles. The molecule has 4 heteroatoms. The first-order chi connectivity index (χ1) is 6.20. The molecule has 0 bridgehead atoms. The number of urea groups is 1. The smallest absolute Gasteiger partial charge is 0.314 e. The Hall–Kier alpha value is -0.770. The van der Waals surface area contributed by atoms with Crippen LogP contribution >= 0.6 is 0 Å². The van der Waals surface area contributed by atoms with Crippen LogP contribution in [0.2, 0.25) is 0 Å². The van der Waals surface area contributed by atoms with E-state index in [2.05, 4.69) is 10.6 Å². The van der Waals surface area contributed by atoms with Crippen molar-refractivity contribution in [2.75, 3.05) is 13.1 Å². The van der Waals surface area contributed by atoms with E-state index in [1.807, 2.05) is 13.8 Å². The second-order valence-electron chi connectivity index (χ2n) is 3.14. The lowest BCUT2D eigenvalue weighted by Gasteiger charge is -2.09. The molecule has 0 rings (SSSR count). The third kappa shape index (κ3) is 7.59. The Balaban J connectivity index is 3.26. The minimum absolute atomic E-state index is 0.0925. The zero-order chi connectivity index (χ0) is 10.1. The molecule has 4 N–H and O–H groups in total. The van der Waals surface area contributed by atoms with Crippen molar-refractivity contribution in [3.05, 3.63) is 0 Å². The van der Waals surface area contributed by atoms with Gasteiger partial charge in [0, 0.05) is 19.1 Å². The molecule has 0 saturated carbocycles. The van der Waals surface area contributed by atoms with Gasteiger partial charge in [0.05, 0.1) is 0 Å². The average Bonchev–Trinajstić information content (AvgIpc) is 2.14. The summed E-state index contributed by atoms with van der Waals surface area (Å²) in [5, 5.41) is 5.49. The Bertz CT molecular complexity index is 139. The first-order valence-corrected chi connectivity index (χ1v) is 4.98. The molecule has 0 aliphatic heterocycles. The topological polar surface area (TPSA) is 67.2 Å². The normalized spacial score (nSPS) is 12.2. The van der Waals surface area contributed by atoms with Gasteiger partial charge in [0.1, 0.15) is 0 Å². The molecule has 78 valence electrons. The summed E-state index contributed by atoms with van der Waals surface area (Å²) in [4.78, 5) is 11.0. The quantitative estimate of drug-likeness (QED) is 0.576. The third-order valence-electron chi connectivity index (χ3n) is 1.86. The van der Waals surface area contributed by atoms with Crippen LogP contribution in [0.5, 0.6) is 0 Å². The van der Waals surface area contributed by atoms with E-state index in [0.717, 1.165) is 25.8 Å². The maximum Gasteiger partial charge on any atom is 0.314 e. The van der Waals surface area contributed by atoms with Gasteiger partial charge in [0.2, 0.25) is 0 Å². The largest absolute Gasteiger partial charge is 0.338 e. The molecular formula is C9H21N3O. The lowest BCUT2D eigenvalue weighted by molar-refractivity contribution is 0.240. The van der Waals surface area contributed by atoms with Crippen LogP contribution in [0.1, 0.15) is 33.1 Å². The SMILES string of the molecule is CCCNC(=O)NCCC(N)CC. The summed E-state index contributed by atoms with van der Waals surface area (Å²) in [5.41, 5.74) is 5.69. The van der Waals surface area contributed by atoms with Crippen molar-refractivity contribution in [3.8, 4) is 0 Å². The number of amides is 2. The Kier molecular flexibility index (Phi) is 7.39. The van der Waals surface area contributed by atoms with Crippen molar-refractivity contribution < 1.29 is 4.79 Å². The van der Waals surface area contributed by atoms with E-state index >= 15 is 0 Å². The number of nitrogens with one attached hydrogen (secondary N) is 2. The molecule has 0 spiro atoms. The summed E-state index contributed by atoms with van der Waals surface area (Å²) >= 11 is 0. The first kappa shape index (κ1) is 12.2. The molecule has 1 atom stereocenters. The predicted molar refractivity (Wildman–Crippen MR) is 54.6 cm³/mol. The molecule has 0 aliphatic carbocycles. The summed E-state index contributed by atoms with van der Waals surface area (Å²) in [6.07, 6.45) is 2.76. The van der Waals surface area contributed by atoms with E-state index in [1.165, 1.54) is 0 Å². The molecule has 0 aromatic heterocycles. The summed E-state index contributed by atoms with van der Waals surface area (Å²) in [7, 11) is 0. The van der Waals surface area contributed by atoms with Gasteiger partial charge < -0.3 is 16.4 Å². The van der Waals surface area contributed by atoms with E-state index in [9.17, 15) is 4.79 Å². The van der Waals surface area contributed by atoms with Gasteiger partial charge in [-0.1, -0.05) is 13.8 Å². The van der Waals surface area contributed by atoms with Crippen LogP contribution in [0.3, 0.4) is 0 Å². The standard InChI is InChI=1S/C9H21N3O/c1-3-6-11-9(13)12-7-5-8(10)4-2/h8H,3-7,10H2,1-2H3,(H2,11,12,13). The fourth-order valence-corrected chi connectivity index (χ4v) is 0.876. The van der Waals surface area contributed by atoms with E-state index < -0.39 is 0 Å². The zero-order valence-electron chi connectivity index (χ0n) is 8.60. The lowest BCUT2D eigenvalue weighted by atomic mass is 10.2. The highest BCUT2D eigenvalue weighted by atomic mass is 16.2. The van der Waals surface area contributed by atoms with E-state index in [4.69, 9.17) is 5.73 Å². The number of nitrogens with two attached hydrogens (primary N) is 1. The molecule has 13 heavy (non-hydrogen) atoms. The molecule has 2 amide bonds. The van der Waals surface area contributed by atoms with Gasteiger partial charge in [0.15, 0.2) is 0 Å². The predicted octanol–water partition coefficient (Wildman–Crippen LogP) is 0.823. The van der Waals surface area contributed by atoms with E-state index in [-0.39, 0.29) is 12.1 Å². The summed E-state index contributed by atoms with van der Waals surface area (Å²) < 4.78 is 0. The molecule has 0 aromatic rings. The Morgan fingerprint density at radius 2 is 1.92 bits per heavy atom. The first-order valence-electron chi connectivity index (χ1n) is 4.98. The highest BCUT2D eigenvalue weighted by molar-refractivity contribution is 5.73. The molecular weight excluding hydrogens is 166 g/mol. The Labute approximate surface area is 80.3 Å². The van der Waals surface area contributed by atoms with Crippen molar-refractivity contribution in [2.24, 2.45) is 5.73 Å². The number of hydrogen-bond acceptors (Lipinski definition) is 2. The molecule has 0 heterocycles. The monoisotopic (exact) mass is 187 g/mol. The van der Waals surface area contributed by atoms with Crippen molar-refractivity contribution in [1.29, 1.82) is 0 Å². The molecule has 0 aliphatic rings. The molecule has 0 radical (unpaired) electrons. The van der Waals surface area contributed by atoms with Crippen LogP contribution < -0.4 is 16.4 Å². The maximum absolute atomic E-state index is 11.0. The van der Waals surface area contributed by atoms with Crippen molar-refractivity contribution in [1.82, 2.24) is 10.6 Å². The van der Waals surface area contributed by atoms with Gasteiger partial charge in [-0.15, -0.1) is 0 Å². The van der Waals surface area contributed by atoms with Gasteiger partial charge in [-0.25, -0.2) is 4.79 Å². The van der Waals surface area contributed by atoms with E-state index in [1.54, 1.807) is 0 Å². The van der Waals surface area contributed by atoms with Crippen LogP contribution in [-0.2, 0) is 0 Å². The minimum atomic E-state index is -0.0925. The second kappa shape index (κ2) is 7.86. The number of rotatable bonds is 6. The minimum Gasteiger partial charge on any atom is -0.338 e. The molecule has 0 fully saturated rings. The van der Waals surface area contributed by atoms with Gasteiger partial charge in [0.25, 0.3) is 0 Å². The fraction of sp³-hybridized carbons (Fsp3) is 0.889. The maximum atomic E-state index is 11.0. The summed E-state index contributed by atoms with van der Waals surface area (Å²) in [6.45, 7) is 5.45. The second-order valence-corrected chi connectivity index (χ2v) is 3.14. The zero-order valence-corrected chi connectivity index (χ0v) is 8.60. The molecule has 4 nitrogen and oxygen atoms in total. The summed E-state index contributed by atoms with van der Waals surface area (Å²) in [6, 6.07) is 0.108. The fourth-order valence-electron chi connectivity index (χ4n) is 0.876. The Morgan fingerprint density at radius 1 is 1.31 bits per heavy atom. The van der Waals surface area contributed by atoms with E-state index in [0.29, 0.717) is 6.54 Å². The highest BCUT2D eigenvalue weighted by Crippen LogP contribution is 1.90. The van der Waals surface area contributed by atoms with Crippen LogP contribution in [0, 0.1) is 0 Å². The molecule has 0 aromatic carbocycles. The van der Waals surface area contributed by atoms with Crippen LogP contribution in [0.15, 0.2) is 0 Å². The lowest BCUT2D eigenvalue weighted by Crippen LogP contribution is -2.38. The highest BCUT2D eigenvalue weighted by Gasteiger charge is 2.00. The number of hydrogen-bond donors (Lipinski definition) is 3. The van der Waals surface area contributed by atoms with Crippen LogP contribution in [-0.4, -0.2) is 25.2 Å².